The quantitative estimate of drug-likeness (QED) is 0.143. The molecule has 2 heterocycles. The zero-order chi connectivity index (χ0) is 41.7. The first kappa shape index (κ1) is 37.8. The maximum absolute atomic E-state index is 10.2. The Balaban J connectivity index is 0.976. The van der Waals surface area contributed by atoms with E-state index < -0.39 is 0 Å². The Morgan fingerprint density at radius 1 is 0.355 bits per heavy atom. The molecule has 1 aliphatic carbocycles. The number of rotatable bonds is 9. The minimum absolute atomic E-state index is 0.578. The van der Waals surface area contributed by atoms with Gasteiger partial charge >= 0.3 is 0 Å². The molecule has 0 aliphatic heterocycles. The Bertz CT molecular complexity index is 3100. The van der Waals surface area contributed by atoms with Gasteiger partial charge in [0, 0.05) is 27.8 Å². The molecular formula is C55H37N7. The van der Waals surface area contributed by atoms with Gasteiger partial charge in [-0.1, -0.05) is 182 Å². The van der Waals surface area contributed by atoms with Crippen LogP contribution >= 0.6 is 0 Å². The molecule has 0 amide bonds. The first-order valence-electron chi connectivity index (χ1n) is 20.6. The summed E-state index contributed by atoms with van der Waals surface area (Å²) in [4.78, 5) is 29.5. The summed E-state index contributed by atoms with van der Waals surface area (Å²) in [6, 6.07) is 63.3. The van der Waals surface area contributed by atoms with Crippen LogP contribution in [0.2, 0.25) is 0 Å². The summed E-state index contributed by atoms with van der Waals surface area (Å²) in [6.07, 6.45) is 8.16. The first-order chi connectivity index (χ1) is 30.6. The molecule has 0 radical (unpaired) electrons. The maximum Gasteiger partial charge on any atom is 0.164 e. The van der Waals surface area contributed by atoms with Crippen LogP contribution in [0.3, 0.4) is 0 Å². The summed E-state index contributed by atoms with van der Waals surface area (Å²) in [7, 11) is 0. The zero-order valence-electron chi connectivity index (χ0n) is 33.6. The van der Waals surface area contributed by atoms with Gasteiger partial charge in [0.05, 0.1) is 11.6 Å². The lowest BCUT2D eigenvalue weighted by atomic mass is 9.91. The molecule has 2 aromatic heterocycles. The average molecular weight is 796 g/mol. The lowest BCUT2D eigenvalue weighted by Gasteiger charge is -2.14. The van der Waals surface area contributed by atoms with Crippen molar-refractivity contribution in [3.8, 4) is 96.4 Å². The Hall–Kier alpha value is -8.47. The highest BCUT2D eigenvalue weighted by atomic mass is 15.0. The third-order valence-corrected chi connectivity index (χ3v) is 10.9. The van der Waals surface area contributed by atoms with Crippen LogP contribution < -0.4 is 0 Å². The van der Waals surface area contributed by atoms with Crippen LogP contribution in [-0.2, 0) is 0 Å². The molecule has 0 saturated heterocycles. The van der Waals surface area contributed by atoms with Crippen molar-refractivity contribution in [2.24, 2.45) is 0 Å². The van der Waals surface area contributed by atoms with Crippen molar-refractivity contribution < 1.29 is 0 Å². The monoisotopic (exact) mass is 795 g/mol. The molecule has 10 rings (SSSR count). The van der Waals surface area contributed by atoms with E-state index >= 15 is 0 Å². The highest BCUT2D eigenvalue weighted by molar-refractivity contribution is 5.87. The van der Waals surface area contributed by atoms with Gasteiger partial charge in [-0.25, -0.2) is 29.9 Å². The van der Waals surface area contributed by atoms with E-state index in [-0.39, 0.29) is 0 Å². The van der Waals surface area contributed by atoms with Crippen molar-refractivity contribution in [3.63, 3.8) is 0 Å². The number of aromatic nitrogens is 6. The van der Waals surface area contributed by atoms with Gasteiger partial charge in [0.2, 0.25) is 0 Å². The minimum atomic E-state index is 0.578. The van der Waals surface area contributed by atoms with Gasteiger partial charge in [-0.3, -0.25) is 0 Å². The Kier molecular flexibility index (Phi) is 10.4. The topological polar surface area (TPSA) is 101 Å². The molecule has 292 valence electrons. The largest absolute Gasteiger partial charge is 0.209 e. The van der Waals surface area contributed by atoms with Crippen molar-refractivity contribution in [2.75, 3.05) is 0 Å². The van der Waals surface area contributed by atoms with Crippen LogP contribution in [0.25, 0.3) is 95.9 Å². The zero-order valence-corrected chi connectivity index (χ0v) is 33.6. The van der Waals surface area contributed by atoms with Crippen molar-refractivity contribution in [2.45, 2.75) is 12.8 Å². The van der Waals surface area contributed by atoms with E-state index in [2.05, 4.69) is 78.9 Å². The third-order valence-electron chi connectivity index (χ3n) is 10.9. The second-order valence-electron chi connectivity index (χ2n) is 15.0. The average Bonchev–Trinajstić information content (AvgIpc) is 3.37. The van der Waals surface area contributed by atoms with Crippen LogP contribution in [0.15, 0.2) is 200 Å². The van der Waals surface area contributed by atoms with Gasteiger partial charge in [-0.05, 0) is 70.0 Å². The lowest BCUT2D eigenvalue weighted by molar-refractivity contribution is 0.978. The van der Waals surface area contributed by atoms with Gasteiger partial charge < -0.3 is 0 Å². The van der Waals surface area contributed by atoms with E-state index in [1.807, 2.05) is 127 Å². The molecule has 7 nitrogen and oxygen atoms in total. The number of nitriles is 1. The summed E-state index contributed by atoms with van der Waals surface area (Å²) in [6.45, 7) is 0. The molecule has 0 fully saturated rings. The van der Waals surface area contributed by atoms with Crippen molar-refractivity contribution in [3.05, 3.63) is 212 Å². The molecule has 7 heteroatoms. The number of hydrogen-bond donors (Lipinski definition) is 0. The first-order valence-corrected chi connectivity index (χ1v) is 20.6. The number of hydrogen-bond acceptors (Lipinski definition) is 7. The molecule has 62 heavy (non-hydrogen) atoms. The predicted molar refractivity (Wildman–Crippen MR) is 248 cm³/mol. The molecule has 1 aliphatic rings. The fourth-order valence-corrected chi connectivity index (χ4v) is 7.70. The van der Waals surface area contributed by atoms with E-state index in [1.54, 1.807) is 0 Å². The lowest BCUT2D eigenvalue weighted by Crippen LogP contribution is -2.03. The molecular weight excluding hydrogens is 759 g/mol. The fraction of sp³-hybridized carbons (Fsp3) is 0.0364. The van der Waals surface area contributed by atoms with Crippen LogP contribution in [0, 0.1) is 11.3 Å². The van der Waals surface area contributed by atoms with E-state index in [1.165, 1.54) is 0 Å². The Morgan fingerprint density at radius 2 is 0.742 bits per heavy atom. The summed E-state index contributed by atoms with van der Waals surface area (Å²) < 4.78 is 0. The van der Waals surface area contributed by atoms with Gasteiger partial charge in [0.1, 0.15) is 0 Å². The second kappa shape index (κ2) is 17.0. The summed E-state index contributed by atoms with van der Waals surface area (Å²) in [5, 5.41) is 10.2. The SMILES string of the molecule is N#Cc1cc(-c2ccc(-c3nc(C4=CC=CCC4)nc(-c4ccccc4)n3)cc2)cc(-c2ccccc2-c2ccc(-c3nc(-c4ccccc4)nc(-c4ccccc4)n3)cc2)c1. The molecule has 0 bridgehead atoms. The van der Waals surface area contributed by atoms with Crippen LogP contribution in [0.4, 0.5) is 0 Å². The van der Waals surface area contributed by atoms with Crippen molar-refractivity contribution >= 4 is 5.57 Å². The van der Waals surface area contributed by atoms with Crippen LogP contribution in [0.1, 0.15) is 24.2 Å². The summed E-state index contributed by atoms with van der Waals surface area (Å²) >= 11 is 0. The Morgan fingerprint density at radius 3 is 1.19 bits per heavy atom. The highest BCUT2D eigenvalue weighted by Gasteiger charge is 2.17. The smallest absolute Gasteiger partial charge is 0.164 e. The maximum atomic E-state index is 10.2. The molecule has 9 aromatic rings. The van der Waals surface area contributed by atoms with E-state index in [0.717, 1.165) is 79.6 Å². The molecule has 0 unspecified atom stereocenters. The molecule has 0 saturated carbocycles. The third kappa shape index (κ3) is 7.96. The van der Waals surface area contributed by atoms with Gasteiger partial charge in [-0.15, -0.1) is 0 Å². The highest BCUT2D eigenvalue weighted by Crippen LogP contribution is 2.37. The number of allylic oxidation sites excluding steroid dienone is 4. The van der Waals surface area contributed by atoms with Gasteiger partial charge in [-0.2, -0.15) is 5.26 Å². The van der Waals surface area contributed by atoms with Gasteiger partial charge in [0.25, 0.3) is 0 Å². The normalized spacial score (nSPS) is 12.1. The minimum Gasteiger partial charge on any atom is -0.209 e. The van der Waals surface area contributed by atoms with Crippen molar-refractivity contribution in [1.29, 1.82) is 5.26 Å². The molecule has 0 spiro atoms. The predicted octanol–water partition coefficient (Wildman–Crippen LogP) is 13.0. The molecule has 0 N–H and O–H groups in total. The van der Waals surface area contributed by atoms with Crippen LogP contribution in [0.5, 0.6) is 0 Å². The van der Waals surface area contributed by atoms with E-state index in [4.69, 9.17) is 29.9 Å². The number of nitrogens with zero attached hydrogens (tertiary/aromatic N) is 7. The molecule has 7 aromatic carbocycles. The van der Waals surface area contributed by atoms with E-state index in [9.17, 15) is 5.26 Å². The summed E-state index contributed by atoms with van der Waals surface area (Å²) in [5.74, 6) is 3.79. The Labute approximate surface area is 360 Å². The molecule has 0 atom stereocenters. The van der Waals surface area contributed by atoms with Crippen LogP contribution in [-0.4, -0.2) is 29.9 Å². The summed E-state index contributed by atoms with van der Waals surface area (Å²) in [5.41, 5.74) is 12.2. The van der Waals surface area contributed by atoms with Crippen molar-refractivity contribution in [1.82, 2.24) is 29.9 Å². The van der Waals surface area contributed by atoms with Gasteiger partial charge in [0.15, 0.2) is 34.9 Å². The standard InChI is InChI=1S/C55H37N7/c56-36-37-33-46(38-25-29-44(30-26-38)54-59-50(40-15-5-1-6-16-40)57-51(60-54)41-17-7-2-8-18-41)35-47(34-37)49-24-14-13-23-48(49)39-27-31-45(32-28-39)55-61-52(42-19-9-3-10-20-42)58-53(62-55)43-21-11-4-12-22-43/h1-7,9-17,19-35H,8,18H2. The number of benzene rings is 7. The fourth-order valence-electron chi connectivity index (χ4n) is 7.70. The van der Waals surface area contributed by atoms with E-state index in [0.29, 0.717) is 40.5 Å². The second-order valence-corrected chi connectivity index (χ2v) is 15.0.